The summed E-state index contributed by atoms with van der Waals surface area (Å²) in [4.78, 5) is 27.0. The minimum absolute atomic E-state index is 0.141. The minimum Gasteiger partial charge on any atom is -0.497 e. The van der Waals surface area contributed by atoms with Crippen LogP contribution in [-0.2, 0) is 16.8 Å². The van der Waals surface area contributed by atoms with E-state index in [1.807, 2.05) is 45.0 Å². The largest absolute Gasteiger partial charge is 0.497 e. The number of nitrogens with zero attached hydrogens (tertiary/aromatic N) is 4. The van der Waals surface area contributed by atoms with Crippen molar-refractivity contribution >= 4 is 23.4 Å². The molecule has 0 aliphatic carbocycles. The molecular formula is C18H22N6O3S. The number of H-pyrrole nitrogens is 1. The van der Waals surface area contributed by atoms with Crippen molar-refractivity contribution in [3.63, 3.8) is 0 Å². The van der Waals surface area contributed by atoms with E-state index in [1.54, 1.807) is 7.11 Å². The molecule has 9 nitrogen and oxygen atoms in total. The Bertz CT molecular complexity index is 1040. The third kappa shape index (κ3) is 4.50. The lowest BCUT2D eigenvalue weighted by molar-refractivity contribution is -0.118. The summed E-state index contributed by atoms with van der Waals surface area (Å²) in [5.41, 5.74) is 0.636. The zero-order chi connectivity index (χ0) is 20.3. The molecule has 0 unspecified atom stereocenters. The number of aromatic nitrogens is 5. The van der Waals surface area contributed by atoms with Crippen LogP contribution in [0.25, 0.3) is 5.78 Å². The van der Waals surface area contributed by atoms with Gasteiger partial charge >= 0.3 is 0 Å². The lowest BCUT2D eigenvalue weighted by atomic mass is 9.93. The highest BCUT2D eigenvalue weighted by Crippen LogP contribution is 2.19. The molecule has 28 heavy (non-hydrogen) atoms. The van der Waals surface area contributed by atoms with Gasteiger partial charge in [0.15, 0.2) is 0 Å². The van der Waals surface area contributed by atoms with E-state index >= 15 is 0 Å². The molecular weight excluding hydrogens is 380 g/mol. The van der Waals surface area contributed by atoms with E-state index in [9.17, 15) is 9.59 Å². The number of fused-ring (bicyclic) bond motifs is 1. The van der Waals surface area contributed by atoms with E-state index in [0.29, 0.717) is 17.4 Å². The maximum atomic E-state index is 12.2. The molecule has 0 saturated carbocycles. The van der Waals surface area contributed by atoms with Crippen LogP contribution < -0.4 is 15.6 Å². The number of ether oxygens (including phenoxy) is 1. The first kappa shape index (κ1) is 19.9. The van der Waals surface area contributed by atoms with Crippen LogP contribution in [0.4, 0.5) is 0 Å². The van der Waals surface area contributed by atoms with Crippen molar-refractivity contribution in [2.24, 2.45) is 0 Å². The Balaban J connectivity index is 1.64. The fourth-order valence-electron chi connectivity index (χ4n) is 2.45. The summed E-state index contributed by atoms with van der Waals surface area (Å²) in [5.74, 6) is 1.03. The second-order valence-electron chi connectivity index (χ2n) is 7.18. The molecule has 2 heterocycles. The van der Waals surface area contributed by atoms with E-state index in [2.05, 4.69) is 25.6 Å². The molecule has 0 spiro atoms. The molecule has 0 radical (unpaired) electrons. The van der Waals surface area contributed by atoms with Gasteiger partial charge in [0.1, 0.15) is 11.4 Å². The van der Waals surface area contributed by atoms with E-state index in [4.69, 9.17) is 4.74 Å². The number of carbonyl (C=O) groups excluding carboxylic acids is 1. The lowest BCUT2D eigenvalue weighted by Crippen LogP contribution is -2.28. The second kappa shape index (κ2) is 8.01. The molecule has 2 aromatic heterocycles. The van der Waals surface area contributed by atoms with Gasteiger partial charge in [0.05, 0.1) is 12.9 Å². The van der Waals surface area contributed by atoms with E-state index in [-0.39, 0.29) is 23.0 Å². The van der Waals surface area contributed by atoms with Gasteiger partial charge in [-0.3, -0.25) is 14.6 Å². The summed E-state index contributed by atoms with van der Waals surface area (Å²) in [7, 11) is 1.61. The molecule has 3 rings (SSSR count). The molecule has 1 aromatic carbocycles. The molecule has 0 fully saturated rings. The Morgan fingerprint density at radius 1 is 1.25 bits per heavy atom. The second-order valence-corrected chi connectivity index (χ2v) is 8.13. The number of thioether (sulfide) groups is 1. The molecule has 0 aliphatic rings. The first-order valence-electron chi connectivity index (χ1n) is 8.66. The highest BCUT2D eigenvalue weighted by molar-refractivity contribution is 7.99. The number of nitrogens with one attached hydrogen (secondary N) is 2. The number of benzene rings is 1. The molecule has 10 heteroatoms. The molecule has 0 atom stereocenters. The summed E-state index contributed by atoms with van der Waals surface area (Å²) in [5, 5.41) is 15.6. The number of hydrogen-bond donors (Lipinski definition) is 2. The van der Waals surface area contributed by atoms with Crippen LogP contribution >= 0.6 is 11.8 Å². The Kier molecular flexibility index (Phi) is 5.68. The first-order chi connectivity index (χ1) is 13.3. The number of aromatic amines is 1. The van der Waals surface area contributed by atoms with Crippen LogP contribution in [0, 0.1) is 0 Å². The first-order valence-corrected chi connectivity index (χ1v) is 9.65. The zero-order valence-electron chi connectivity index (χ0n) is 16.1. The van der Waals surface area contributed by atoms with Crippen LogP contribution in [-0.4, -0.2) is 43.6 Å². The summed E-state index contributed by atoms with van der Waals surface area (Å²) in [6.07, 6.45) is 0. The van der Waals surface area contributed by atoms with E-state index < -0.39 is 5.41 Å². The Morgan fingerprint density at radius 3 is 2.61 bits per heavy atom. The van der Waals surface area contributed by atoms with Crippen molar-refractivity contribution in [3.8, 4) is 5.75 Å². The van der Waals surface area contributed by atoms with Gasteiger partial charge in [-0.25, -0.2) is 0 Å². The van der Waals surface area contributed by atoms with Crippen molar-refractivity contribution in [3.05, 3.63) is 45.9 Å². The van der Waals surface area contributed by atoms with E-state index in [1.165, 1.54) is 16.3 Å². The van der Waals surface area contributed by atoms with Crippen molar-refractivity contribution in [1.29, 1.82) is 0 Å². The molecule has 1 amide bonds. The number of rotatable bonds is 6. The molecule has 0 aliphatic heterocycles. The maximum absolute atomic E-state index is 12.2. The third-order valence-corrected chi connectivity index (χ3v) is 4.86. The Labute approximate surface area is 165 Å². The summed E-state index contributed by atoms with van der Waals surface area (Å²) >= 11 is 1.20. The highest BCUT2D eigenvalue weighted by atomic mass is 32.2. The van der Waals surface area contributed by atoms with Gasteiger partial charge in [-0.15, -0.1) is 10.2 Å². The number of amides is 1. The Hall–Kier alpha value is -2.88. The van der Waals surface area contributed by atoms with Crippen molar-refractivity contribution in [1.82, 2.24) is 30.1 Å². The number of hydrogen-bond acceptors (Lipinski definition) is 7. The standard InChI is InChI=1S/C18H22N6O3S/c1-18(2,3)14-15(26)20-16-21-22-17(24(16)23-14)28-10-13(25)19-9-11-5-7-12(27-4)8-6-11/h5-8H,9-10H2,1-4H3,(H,19,25)(H,20,21,26). The van der Waals surface area contributed by atoms with E-state index in [0.717, 1.165) is 11.3 Å². The fraction of sp³-hybridized carbons (Fsp3) is 0.389. The molecule has 0 bridgehead atoms. The van der Waals surface area contributed by atoms with Gasteiger partial charge in [0.25, 0.3) is 11.3 Å². The van der Waals surface area contributed by atoms with Gasteiger partial charge in [-0.2, -0.15) is 9.61 Å². The number of methoxy groups -OCH3 is 1. The van der Waals surface area contributed by atoms with Gasteiger partial charge < -0.3 is 10.1 Å². The van der Waals surface area contributed by atoms with Gasteiger partial charge in [0.2, 0.25) is 11.1 Å². The normalized spacial score (nSPS) is 11.6. The lowest BCUT2D eigenvalue weighted by Gasteiger charge is -2.15. The van der Waals surface area contributed by atoms with Crippen LogP contribution in [0.15, 0.2) is 34.2 Å². The monoisotopic (exact) mass is 402 g/mol. The highest BCUT2D eigenvalue weighted by Gasteiger charge is 2.22. The van der Waals surface area contributed by atoms with Gasteiger partial charge in [-0.1, -0.05) is 44.7 Å². The zero-order valence-corrected chi connectivity index (χ0v) is 17.0. The van der Waals surface area contributed by atoms with Crippen LogP contribution in [0.2, 0.25) is 0 Å². The molecule has 3 aromatic rings. The summed E-state index contributed by atoms with van der Waals surface area (Å²) in [6, 6.07) is 7.48. The fourth-order valence-corrected chi connectivity index (χ4v) is 3.16. The quantitative estimate of drug-likeness (QED) is 0.601. The van der Waals surface area contributed by atoms with Crippen molar-refractivity contribution in [2.45, 2.75) is 37.9 Å². The molecule has 148 valence electrons. The maximum Gasteiger partial charge on any atom is 0.274 e. The predicted molar refractivity (Wildman–Crippen MR) is 106 cm³/mol. The number of carbonyl (C=O) groups is 1. The summed E-state index contributed by atoms with van der Waals surface area (Å²) in [6.45, 7) is 6.13. The van der Waals surface area contributed by atoms with Crippen molar-refractivity contribution in [2.75, 3.05) is 12.9 Å². The third-order valence-electron chi connectivity index (χ3n) is 3.94. The Morgan fingerprint density at radius 2 is 1.96 bits per heavy atom. The smallest absolute Gasteiger partial charge is 0.274 e. The summed E-state index contributed by atoms with van der Waals surface area (Å²) < 4.78 is 6.57. The van der Waals surface area contributed by atoms with Crippen LogP contribution in [0.1, 0.15) is 32.0 Å². The van der Waals surface area contributed by atoms with Crippen molar-refractivity contribution < 1.29 is 9.53 Å². The molecule has 0 saturated heterocycles. The average Bonchev–Trinajstić information content (AvgIpc) is 3.05. The predicted octanol–water partition coefficient (Wildman–Crippen LogP) is 1.53. The van der Waals surface area contributed by atoms with Crippen LogP contribution in [0.5, 0.6) is 5.75 Å². The molecule has 2 N–H and O–H groups in total. The van der Waals surface area contributed by atoms with Crippen LogP contribution in [0.3, 0.4) is 0 Å². The SMILES string of the molecule is COc1ccc(CNC(=O)CSc2nnc3[nH]c(=O)c(C(C)(C)C)nn23)cc1. The average molecular weight is 402 g/mol. The van der Waals surface area contributed by atoms with Gasteiger partial charge in [-0.05, 0) is 17.7 Å². The van der Waals surface area contributed by atoms with Gasteiger partial charge in [0, 0.05) is 12.0 Å². The topological polar surface area (TPSA) is 114 Å². The minimum atomic E-state index is -0.427.